The fourth-order valence-electron chi connectivity index (χ4n) is 2.34. The van der Waals surface area contributed by atoms with E-state index in [1.165, 1.54) is 0 Å². The van der Waals surface area contributed by atoms with Crippen LogP contribution in [0.15, 0.2) is 53.0 Å². The second kappa shape index (κ2) is 6.69. The molecular weight excluding hydrogens is 372 g/mol. The second-order valence-electron chi connectivity index (χ2n) is 5.00. The molecule has 0 atom stereocenters. The molecule has 1 N–H and O–H groups in total. The first kappa shape index (κ1) is 16.0. The highest BCUT2D eigenvalue weighted by molar-refractivity contribution is 9.10. The first-order valence-corrected chi connectivity index (χ1v) is 7.83. The van der Waals surface area contributed by atoms with Gasteiger partial charge in [-0.25, -0.2) is 9.78 Å². The summed E-state index contributed by atoms with van der Waals surface area (Å²) in [5, 5.41) is 19.2. The van der Waals surface area contributed by atoms with E-state index in [0.717, 1.165) is 5.56 Å². The Morgan fingerprint density at radius 3 is 2.62 bits per heavy atom. The number of nitrogens with zero attached hydrogens (tertiary/aromatic N) is 2. The van der Waals surface area contributed by atoms with E-state index in [-0.39, 0.29) is 16.8 Å². The van der Waals surface area contributed by atoms with Gasteiger partial charge in [0.05, 0.1) is 15.6 Å². The zero-order valence-electron chi connectivity index (χ0n) is 12.4. The van der Waals surface area contributed by atoms with E-state index in [4.69, 9.17) is 4.74 Å². The predicted octanol–water partition coefficient (Wildman–Crippen LogP) is 4.15. The number of para-hydroxylation sites is 1. The molecule has 3 aromatic rings. The van der Waals surface area contributed by atoms with Crippen LogP contribution < -0.4 is 4.74 Å². The van der Waals surface area contributed by atoms with Gasteiger partial charge in [-0.15, -0.1) is 0 Å². The molecule has 0 unspecified atom stereocenters. The number of benzene rings is 2. The lowest BCUT2D eigenvalue weighted by molar-refractivity contribution is 0.0689. The fraction of sp³-hybridized carbons (Fsp3) is 0.0556. The number of hydrogen-bond donors (Lipinski definition) is 1. The van der Waals surface area contributed by atoms with Crippen LogP contribution in [0.4, 0.5) is 0 Å². The van der Waals surface area contributed by atoms with Crippen molar-refractivity contribution in [1.29, 1.82) is 5.26 Å². The maximum absolute atomic E-state index is 11.5. The van der Waals surface area contributed by atoms with E-state index < -0.39 is 5.97 Å². The number of fused-ring (bicyclic) bond motifs is 1. The largest absolute Gasteiger partial charge is 0.487 e. The van der Waals surface area contributed by atoms with Gasteiger partial charge in [0.15, 0.2) is 5.69 Å². The number of aromatic nitrogens is 1. The van der Waals surface area contributed by atoms with Gasteiger partial charge in [-0.1, -0.05) is 36.4 Å². The summed E-state index contributed by atoms with van der Waals surface area (Å²) in [6, 6.07) is 16.6. The van der Waals surface area contributed by atoms with Crippen LogP contribution in [-0.4, -0.2) is 16.1 Å². The number of carbonyl (C=O) groups is 1. The third-order valence-corrected chi connectivity index (χ3v) is 4.20. The quantitative estimate of drug-likeness (QED) is 0.732. The Kier molecular flexibility index (Phi) is 4.45. The molecule has 1 aromatic heterocycles. The van der Waals surface area contributed by atoms with Gasteiger partial charge in [0.2, 0.25) is 0 Å². The normalized spacial score (nSPS) is 10.3. The van der Waals surface area contributed by atoms with Crippen molar-refractivity contribution in [3.8, 4) is 11.8 Å². The average molecular weight is 383 g/mol. The Morgan fingerprint density at radius 1 is 1.21 bits per heavy atom. The van der Waals surface area contributed by atoms with Gasteiger partial charge in [0.1, 0.15) is 18.4 Å². The minimum atomic E-state index is -1.19. The Hall–Kier alpha value is -2.91. The number of carboxylic acids is 1. The van der Waals surface area contributed by atoms with E-state index in [1.807, 2.05) is 36.4 Å². The number of nitriles is 1. The maximum Gasteiger partial charge on any atom is 0.355 e. The fourth-order valence-corrected chi connectivity index (χ4v) is 2.92. The smallest absolute Gasteiger partial charge is 0.355 e. The van der Waals surface area contributed by atoms with Crippen molar-refractivity contribution in [3.63, 3.8) is 0 Å². The molecule has 3 rings (SSSR count). The highest BCUT2D eigenvalue weighted by Crippen LogP contribution is 2.36. The van der Waals surface area contributed by atoms with Crippen LogP contribution in [0.3, 0.4) is 0 Å². The zero-order chi connectivity index (χ0) is 17.1. The minimum Gasteiger partial charge on any atom is -0.487 e. The van der Waals surface area contributed by atoms with Crippen molar-refractivity contribution in [3.05, 3.63) is 69.8 Å². The Morgan fingerprint density at radius 2 is 1.96 bits per heavy atom. The van der Waals surface area contributed by atoms with Crippen LogP contribution in [0.2, 0.25) is 0 Å². The Labute approximate surface area is 146 Å². The summed E-state index contributed by atoms with van der Waals surface area (Å²) in [7, 11) is 0. The third-order valence-electron chi connectivity index (χ3n) is 3.46. The van der Waals surface area contributed by atoms with Gasteiger partial charge in [-0.05, 0) is 33.6 Å². The molecule has 0 amide bonds. The topological polar surface area (TPSA) is 83.2 Å². The summed E-state index contributed by atoms with van der Waals surface area (Å²) in [6.45, 7) is 0.272. The van der Waals surface area contributed by atoms with Crippen LogP contribution >= 0.6 is 15.9 Å². The lowest BCUT2D eigenvalue weighted by atomic mass is 10.1. The van der Waals surface area contributed by atoms with E-state index in [2.05, 4.69) is 20.9 Å². The number of carboxylic acid groups (broad SMARTS) is 1. The summed E-state index contributed by atoms with van der Waals surface area (Å²) >= 11 is 3.27. The summed E-state index contributed by atoms with van der Waals surface area (Å²) in [6.07, 6.45) is 0. The van der Waals surface area contributed by atoms with Crippen molar-refractivity contribution in [2.45, 2.75) is 6.61 Å². The van der Waals surface area contributed by atoms with Crippen LogP contribution in [0.5, 0.6) is 5.75 Å². The molecule has 2 aromatic carbocycles. The summed E-state index contributed by atoms with van der Waals surface area (Å²) in [4.78, 5) is 15.6. The molecule has 0 bridgehead atoms. The molecule has 1 heterocycles. The maximum atomic E-state index is 11.5. The van der Waals surface area contributed by atoms with Crippen molar-refractivity contribution in [2.75, 3.05) is 0 Å². The molecule has 0 aliphatic carbocycles. The van der Waals surface area contributed by atoms with E-state index in [1.54, 1.807) is 18.2 Å². The summed E-state index contributed by atoms with van der Waals surface area (Å²) in [5.74, 6) is -0.834. The first-order valence-electron chi connectivity index (χ1n) is 7.04. The summed E-state index contributed by atoms with van der Waals surface area (Å²) in [5.41, 5.74) is 1.37. The van der Waals surface area contributed by atoms with Gasteiger partial charge in [-0.2, -0.15) is 5.26 Å². The molecule has 6 heteroatoms. The number of rotatable bonds is 4. The molecular formula is C18H11BrN2O3. The van der Waals surface area contributed by atoms with Crippen LogP contribution in [0.1, 0.15) is 21.6 Å². The number of hydrogen-bond acceptors (Lipinski definition) is 4. The molecule has 0 saturated heterocycles. The van der Waals surface area contributed by atoms with E-state index in [9.17, 15) is 15.2 Å². The highest BCUT2D eigenvalue weighted by atomic mass is 79.9. The molecule has 0 aliphatic heterocycles. The van der Waals surface area contributed by atoms with Gasteiger partial charge >= 0.3 is 5.97 Å². The van der Waals surface area contributed by atoms with Crippen molar-refractivity contribution < 1.29 is 14.6 Å². The molecule has 0 saturated carbocycles. The second-order valence-corrected chi connectivity index (χ2v) is 5.79. The molecule has 0 spiro atoms. The van der Waals surface area contributed by atoms with Gasteiger partial charge in [0, 0.05) is 5.39 Å². The first-order chi connectivity index (χ1) is 11.6. The molecule has 0 fully saturated rings. The van der Waals surface area contributed by atoms with Crippen molar-refractivity contribution >= 4 is 32.8 Å². The van der Waals surface area contributed by atoms with Crippen LogP contribution in [-0.2, 0) is 6.61 Å². The number of ether oxygens (including phenoxy) is 1. The van der Waals surface area contributed by atoms with E-state index >= 15 is 0 Å². The number of pyridine rings is 1. The molecule has 118 valence electrons. The lowest BCUT2D eigenvalue weighted by Crippen LogP contribution is -2.06. The monoisotopic (exact) mass is 382 g/mol. The average Bonchev–Trinajstić information content (AvgIpc) is 2.60. The molecule has 0 radical (unpaired) electrons. The van der Waals surface area contributed by atoms with Crippen LogP contribution in [0.25, 0.3) is 10.9 Å². The summed E-state index contributed by atoms with van der Waals surface area (Å²) < 4.78 is 6.12. The predicted molar refractivity (Wildman–Crippen MR) is 91.9 cm³/mol. The van der Waals surface area contributed by atoms with E-state index in [0.29, 0.717) is 22.2 Å². The molecule has 5 nitrogen and oxygen atoms in total. The van der Waals surface area contributed by atoms with Gasteiger partial charge in [0.25, 0.3) is 0 Å². The van der Waals surface area contributed by atoms with Crippen molar-refractivity contribution in [1.82, 2.24) is 4.98 Å². The molecule has 0 aliphatic rings. The van der Waals surface area contributed by atoms with Gasteiger partial charge < -0.3 is 9.84 Å². The zero-order valence-corrected chi connectivity index (χ0v) is 13.9. The number of halogens is 1. The Bertz CT molecular complexity index is 965. The molecule has 24 heavy (non-hydrogen) atoms. The standard InChI is InChI=1S/C18H11BrN2O3/c19-14-16(18(22)23)21-15-12(9-20)7-4-8-13(15)17(14)24-10-11-5-2-1-3-6-11/h1-8H,10H2,(H,22,23). The van der Waals surface area contributed by atoms with Crippen LogP contribution in [0, 0.1) is 11.3 Å². The van der Waals surface area contributed by atoms with Gasteiger partial charge in [-0.3, -0.25) is 0 Å². The highest BCUT2D eigenvalue weighted by Gasteiger charge is 2.20. The number of aromatic carboxylic acids is 1. The third kappa shape index (κ3) is 2.94. The minimum absolute atomic E-state index is 0.187. The van der Waals surface area contributed by atoms with Crippen molar-refractivity contribution in [2.24, 2.45) is 0 Å². The SMILES string of the molecule is N#Cc1cccc2c(OCc3ccccc3)c(Br)c(C(=O)O)nc12. The lowest BCUT2D eigenvalue weighted by Gasteiger charge is -2.13. The Balaban J connectivity index is 2.16.